The van der Waals surface area contributed by atoms with E-state index in [4.69, 9.17) is 0 Å². The Morgan fingerprint density at radius 2 is 1.59 bits per heavy atom. The van der Waals surface area contributed by atoms with Crippen LogP contribution in [-0.2, 0) is 24.4 Å². The van der Waals surface area contributed by atoms with Gasteiger partial charge in [0.25, 0.3) is 0 Å². The molecular weight excluding hydrogens is 370 g/mol. The van der Waals surface area contributed by atoms with E-state index >= 15 is 0 Å². The Labute approximate surface area is 157 Å². The van der Waals surface area contributed by atoms with Gasteiger partial charge in [-0.15, -0.1) is 0 Å². The third kappa shape index (κ3) is 3.65. The van der Waals surface area contributed by atoms with E-state index in [-0.39, 0.29) is 35.1 Å². The van der Waals surface area contributed by atoms with Gasteiger partial charge >= 0.3 is 0 Å². The highest BCUT2D eigenvalue weighted by molar-refractivity contribution is 7.89. The normalized spacial score (nSPS) is 22.3. The molecule has 1 aromatic carbocycles. The molecule has 0 aromatic heterocycles. The molecule has 0 saturated carbocycles. The first kappa shape index (κ1) is 19.2. The van der Waals surface area contributed by atoms with Crippen LogP contribution in [0.25, 0.3) is 0 Å². The summed E-state index contributed by atoms with van der Waals surface area (Å²) in [5.41, 5.74) is 0.385. The van der Waals surface area contributed by atoms with Gasteiger partial charge < -0.3 is 5.32 Å². The van der Waals surface area contributed by atoms with Crippen LogP contribution in [0.2, 0.25) is 0 Å². The largest absolute Gasteiger partial charge is 0.325 e. The predicted molar refractivity (Wildman–Crippen MR) is 98.0 cm³/mol. The molecule has 1 aromatic rings. The molecule has 9 heteroatoms. The number of allylic oxidation sites excluding steroid dienone is 2. The van der Waals surface area contributed by atoms with Crippen LogP contribution >= 0.6 is 0 Å². The maximum Gasteiger partial charge on any atom is 0.244 e. The van der Waals surface area contributed by atoms with Crippen molar-refractivity contribution in [1.82, 2.24) is 9.21 Å². The first-order valence-corrected chi connectivity index (χ1v) is 9.98. The van der Waals surface area contributed by atoms with Gasteiger partial charge in [-0.25, -0.2) is 12.7 Å². The second-order valence-electron chi connectivity index (χ2n) is 6.78. The molecule has 0 bridgehead atoms. The minimum absolute atomic E-state index is 0.104. The number of nitrogens with zero attached hydrogens (tertiary/aromatic N) is 2. The van der Waals surface area contributed by atoms with Crippen LogP contribution in [0.4, 0.5) is 5.69 Å². The first-order chi connectivity index (χ1) is 12.7. The predicted octanol–water partition coefficient (Wildman–Crippen LogP) is 0.827. The van der Waals surface area contributed by atoms with Crippen molar-refractivity contribution in [3.8, 4) is 0 Å². The molecule has 1 aliphatic carbocycles. The maximum atomic E-state index is 12.4. The zero-order valence-corrected chi connectivity index (χ0v) is 15.9. The highest BCUT2D eigenvalue weighted by Gasteiger charge is 2.47. The van der Waals surface area contributed by atoms with Crippen molar-refractivity contribution in [2.75, 3.05) is 26.0 Å². The van der Waals surface area contributed by atoms with Gasteiger partial charge in [0.15, 0.2) is 0 Å². The molecule has 2 aliphatic rings. The van der Waals surface area contributed by atoms with E-state index in [0.717, 1.165) is 9.21 Å². The molecule has 3 amide bonds. The number of carbonyl (C=O) groups excluding carboxylic acids is 3. The van der Waals surface area contributed by atoms with Crippen LogP contribution in [0.1, 0.15) is 12.8 Å². The smallest absolute Gasteiger partial charge is 0.244 e. The van der Waals surface area contributed by atoms with E-state index in [1.165, 1.54) is 38.4 Å². The van der Waals surface area contributed by atoms with E-state index in [1.807, 2.05) is 12.2 Å². The lowest BCUT2D eigenvalue weighted by Crippen LogP contribution is -2.38. The first-order valence-electron chi connectivity index (χ1n) is 8.54. The number of fused-ring (bicyclic) bond motifs is 1. The SMILES string of the molecule is CN(C)S(=O)(=O)c1ccc(NC(=O)CN2C(=O)[C@@H]3CC=CC[C@H]3C2=O)cc1. The van der Waals surface area contributed by atoms with Crippen molar-refractivity contribution in [3.63, 3.8) is 0 Å². The number of anilines is 1. The second kappa shape index (κ2) is 7.24. The summed E-state index contributed by atoms with van der Waals surface area (Å²) >= 11 is 0. The van der Waals surface area contributed by atoms with Crippen LogP contribution in [0, 0.1) is 11.8 Å². The molecule has 1 saturated heterocycles. The topological polar surface area (TPSA) is 104 Å². The number of sulfonamides is 1. The molecule has 1 heterocycles. The van der Waals surface area contributed by atoms with Crippen LogP contribution in [0.3, 0.4) is 0 Å². The van der Waals surface area contributed by atoms with Gasteiger partial charge in [-0.3, -0.25) is 19.3 Å². The average molecular weight is 391 g/mol. The molecule has 27 heavy (non-hydrogen) atoms. The van der Waals surface area contributed by atoms with Crippen LogP contribution in [-0.4, -0.2) is 56.0 Å². The summed E-state index contributed by atoms with van der Waals surface area (Å²) in [6, 6.07) is 5.70. The average Bonchev–Trinajstić information content (AvgIpc) is 2.87. The molecule has 3 rings (SSSR count). The van der Waals surface area contributed by atoms with E-state index in [9.17, 15) is 22.8 Å². The lowest BCUT2D eigenvalue weighted by molar-refractivity contribution is -0.142. The van der Waals surface area contributed by atoms with Crippen molar-refractivity contribution in [3.05, 3.63) is 36.4 Å². The molecule has 1 N–H and O–H groups in total. The molecule has 0 spiro atoms. The summed E-state index contributed by atoms with van der Waals surface area (Å²) in [5, 5.41) is 2.59. The number of carbonyl (C=O) groups is 3. The minimum atomic E-state index is -3.55. The summed E-state index contributed by atoms with van der Waals surface area (Å²) in [4.78, 5) is 38.1. The van der Waals surface area contributed by atoms with Crippen molar-refractivity contribution in [2.45, 2.75) is 17.7 Å². The molecule has 1 fully saturated rings. The number of imide groups is 1. The van der Waals surface area contributed by atoms with Crippen LogP contribution in [0.15, 0.2) is 41.3 Å². The van der Waals surface area contributed by atoms with Gasteiger partial charge in [-0.05, 0) is 37.1 Å². The van der Waals surface area contributed by atoms with Gasteiger partial charge in [-0.2, -0.15) is 0 Å². The van der Waals surface area contributed by atoms with Crippen molar-refractivity contribution >= 4 is 33.4 Å². The standard InChI is InChI=1S/C18H21N3O5S/c1-20(2)27(25,26)13-9-7-12(8-10-13)19-16(22)11-21-17(23)14-5-3-4-6-15(14)18(21)24/h3-4,7-10,14-15H,5-6,11H2,1-2H3,(H,19,22)/t14-,15-/m1/s1. The summed E-state index contributed by atoms with van der Waals surface area (Å²) < 4.78 is 25.2. The van der Waals surface area contributed by atoms with E-state index < -0.39 is 15.9 Å². The number of hydrogen-bond acceptors (Lipinski definition) is 5. The van der Waals surface area contributed by atoms with E-state index in [0.29, 0.717) is 18.5 Å². The summed E-state index contributed by atoms with van der Waals surface area (Å²) in [6.07, 6.45) is 4.82. The van der Waals surface area contributed by atoms with Crippen molar-refractivity contribution in [2.24, 2.45) is 11.8 Å². The number of nitrogens with one attached hydrogen (secondary N) is 1. The van der Waals surface area contributed by atoms with Crippen molar-refractivity contribution in [1.29, 1.82) is 0 Å². The summed E-state index contributed by atoms with van der Waals surface area (Å²) in [6.45, 7) is -0.345. The van der Waals surface area contributed by atoms with Gasteiger partial charge in [-0.1, -0.05) is 12.2 Å². The Morgan fingerprint density at radius 1 is 1.07 bits per heavy atom. The van der Waals surface area contributed by atoms with E-state index in [1.54, 1.807) is 0 Å². The molecule has 0 radical (unpaired) electrons. The Hall–Kier alpha value is -2.52. The fourth-order valence-corrected chi connectivity index (χ4v) is 4.19. The maximum absolute atomic E-state index is 12.4. The van der Waals surface area contributed by atoms with E-state index in [2.05, 4.69) is 5.32 Å². The highest BCUT2D eigenvalue weighted by Crippen LogP contribution is 2.34. The number of rotatable bonds is 5. The van der Waals surface area contributed by atoms with Gasteiger partial charge in [0.1, 0.15) is 6.54 Å². The Balaban J connectivity index is 1.65. The Bertz CT molecular complexity index is 879. The quantitative estimate of drug-likeness (QED) is 0.591. The van der Waals surface area contributed by atoms with Crippen LogP contribution in [0.5, 0.6) is 0 Å². The second-order valence-corrected chi connectivity index (χ2v) is 8.93. The van der Waals surface area contributed by atoms with Gasteiger partial charge in [0, 0.05) is 19.8 Å². The van der Waals surface area contributed by atoms with Gasteiger partial charge in [0.05, 0.1) is 16.7 Å². The molecule has 0 unspecified atom stereocenters. The van der Waals surface area contributed by atoms with Crippen LogP contribution < -0.4 is 5.32 Å². The molecular formula is C18H21N3O5S. The third-order valence-corrected chi connectivity index (χ3v) is 6.65. The zero-order chi connectivity index (χ0) is 19.8. The highest BCUT2D eigenvalue weighted by atomic mass is 32.2. The molecule has 8 nitrogen and oxygen atoms in total. The number of hydrogen-bond donors (Lipinski definition) is 1. The number of benzene rings is 1. The lowest BCUT2D eigenvalue weighted by atomic mass is 9.85. The lowest BCUT2D eigenvalue weighted by Gasteiger charge is -2.15. The minimum Gasteiger partial charge on any atom is -0.325 e. The van der Waals surface area contributed by atoms with Gasteiger partial charge in [0.2, 0.25) is 27.7 Å². The zero-order valence-electron chi connectivity index (χ0n) is 15.1. The fourth-order valence-electron chi connectivity index (χ4n) is 3.29. The Kier molecular flexibility index (Phi) is 5.16. The third-order valence-electron chi connectivity index (χ3n) is 4.82. The fraction of sp³-hybridized carbons (Fsp3) is 0.389. The molecule has 144 valence electrons. The monoisotopic (exact) mass is 391 g/mol. The summed E-state index contributed by atoms with van der Waals surface area (Å²) in [5.74, 6) is -1.86. The number of amides is 3. The number of likely N-dealkylation sites (tertiary alicyclic amines) is 1. The van der Waals surface area contributed by atoms with Crippen molar-refractivity contribution < 1.29 is 22.8 Å². The molecule has 2 atom stereocenters. The Morgan fingerprint density at radius 3 is 2.07 bits per heavy atom. The summed E-state index contributed by atoms with van der Waals surface area (Å²) in [7, 11) is -0.685. The molecule has 1 aliphatic heterocycles.